The minimum absolute atomic E-state index is 0.0638. The fourth-order valence-corrected chi connectivity index (χ4v) is 1.70. The second-order valence-corrected chi connectivity index (χ2v) is 4.16. The predicted molar refractivity (Wildman–Crippen MR) is 59.6 cm³/mol. The van der Waals surface area contributed by atoms with E-state index in [1.807, 2.05) is 6.92 Å². The number of carbonyl (C=O) groups is 2. The van der Waals surface area contributed by atoms with Crippen LogP contribution in [0.1, 0.15) is 19.8 Å². The molecule has 0 saturated carbocycles. The first-order chi connectivity index (χ1) is 7.54. The van der Waals surface area contributed by atoms with Gasteiger partial charge in [0.05, 0.1) is 5.92 Å². The summed E-state index contributed by atoms with van der Waals surface area (Å²) in [6.45, 7) is 2.29. The Bertz CT molecular complexity index is 302. The van der Waals surface area contributed by atoms with Crippen LogP contribution in [0.5, 0.6) is 0 Å². The molecule has 0 aliphatic heterocycles. The smallest absolute Gasteiger partial charge is 0.310 e. The zero-order valence-electron chi connectivity index (χ0n) is 9.35. The van der Waals surface area contributed by atoms with Gasteiger partial charge in [-0.2, -0.15) is 0 Å². The number of carboxylic acid groups (broad SMARTS) is 1. The van der Waals surface area contributed by atoms with Crippen molar-refractivity contribution in [2.75, 3.05) is 6.54 Å². The Morgan fingerprint density at radius 2 is 2.25 bits per heavy atom. The van der Waals surface area contributed by atoms with Gasteiger partial charge in [-0.3, -0.25) is 9.59 Å². The zero-order valence-corrected chi connectivity index (χ0v) is 9.35. The van der Waals surface area contributed by atoms with Crippen molar-refractivity contribution in [1.29, 1.82) is 0 Å². The fourth-order valence-electron chi connectivity index (χ4n) is 1.70. The van der Waals surface area contributed by atoms with E-state index in [4.69, 9.17) is 10.8 Å². The van der Waals surface area contributed by atoms with Gasteiger partial charge in [0.25, 0.3) is 0 Å². The molecule has 0 bridgehead atoms. The van der Waals surface area contributed by atoms with Gasteiger partial charge in [-0.25, -0.2) is 0 Å². The Morgan fingerprint density at radius 3 is 2.75 bits per heavy atom. The van der Waals surface area contributed by atoms with Crippen LogP contribution in [0.2, 0.25) is 0 Å². The predicted octanol–water partition coefficient (Wildman–Crippen LogP) is 0.117. The Balaban J connectivity index is 2.37. The van der Waals surface area contributed by atoms with Gasteiger partial charge >= 0.3 is 5.97 Å². The van der Waals surface area contributed by atoms with Crippen LogP contribution in [-0.2, 0) is 9.59 Å². The summed E-state index contributed by atoms with van der Waals surface area (Å²) in [5.74, 6) is -1.51. The van der Waals surface area contributed by atoms with E-state index in [1.165, 1.54) is 0 Å². The highest BCUT2D eigenvalue weighted by atomic mass is 16.4. The molecule has 5 heteroatoms. The third kappa shape index (κ3) is 3.34. The highest BCUT2D eigenvalue weighted by molar-refractivity contribution is 5.79. The van der Waals surface area contributed by atoms with E-state index in [0.29, 0.717) is 19.4 Å². The quantitative estimate of drug-likeness (QED) is 0.580. The highest BCUT2D eigenvalue weighted by Crippen LogP contribution is 2.18. The number of hydrogen-bond donors (Lipinski definition) is 3. The van der Waals surface area contributed by atoms with Crippen molar-refractivity contribution in [2.24, 2.45) is 17.6 Å². The standard InChI is InChI=1S/C11H18N2O3/c1-7(4-5-12)10(14)13-9-3-2-8(6-9)11(15)16/h2-3,7-9H,4-6,12H2,1H3,(H,13,14)(H,15,16). The lowest BCUT2D eigenvalue weighted by Crippen LogP contribution is -2.37. The van der Waals surface area contributed by atoms with Crippen molar-refractivity contribution in [1.82, 2.24) is 5.32 Å². The first-order valence-electron chi connectivity index (χ1n) is 5.46. The minimum atomic E-state index is -0.844. The van der Waals surface area contributed by atoms with Crippen LogP contribution in [0, 0.1) is 11.8 Å². The van der Waals surface area contributed by atoms with Crippen LogP contribution < -0.4 is 11.1 Å². The second-order valence-electron chi connectivity index (χ2n) is 4.16. The lowest BCUT2D eigenvalue weighted by Gasteiger charge is -2.15. The summed E-state index contributed by atoms with van der Waals surface area (Å²) in [7, 11) is 0. The van der Waals surface area contributed by atoms with E-state index >= 15 is 0 Å². The Labute approximate surface area is 94.7 Å². The van der Waals surface area contributed by atoms with Crippen molar-refractivity contribution < 1.29 is 14.7 Å². The maximum atomic E-state index is 11.6. The van der Waals surface area contributed by atoms with Crippen molar-refractivity contribution in [3.05, 3.63) is 12.2 Å². The van der Waals surface area contributed by atoms with Gasteiger partial charge in [-0.1, -0.05) is 19.1 Å². The first-order valence-corrected chi connectivity index (χ1v) is 5.46. The molecular weight excluding hydrogens is 208 g/mol. The molecule has 4 N–H and O–H groups in total. The topological polar surface area (TPSA) is 92.4 Å². The normalized spacial score (nSPS) is 25.4. The molecule has 0 radical (unpaired) electrons. The largest absolute Gasteiger partial charge is 0.481 e. The Kier molecular flexibility index (Phi) is 4.49. The Morgan fingerprint density at radius 1 is 1.56 bits per heavy atom. The van der Waals surface area contributed by atoms with E-state index in [2.05, 4.69) is 5.32 Å². The zero-order chi connectivity index (χ0) is 12.1. The van der Waals surface area contributed by atoms with E-state index in [-0.39, 0.29) is 17.9 Å². The number of nitrogens with one attached hydrogen (secondary N) is 1. The van der Waals surface area contributed by atoms with Gasteiger partial charge in [0.2, 0.25) is 5.91 Å². The molecule has 16 heavy (non-hydrogen) atoms. The maximum Gasteiger partial charge on any atom is 0.310 e. The maximum absolute atomic E-state index is 11.6. The van der Waals surface area contributed by atoms with E-state index in [0.717, 1.165) is 0 Å². The van der Waals surface area contributed by atoms with Crippen molar-refractivity contribution in [2.45, 2.75) is 25.8 Å². The molecule has 1 aliphatic rings. The summed E-state index contributed by atoms with van der Waals surface area (Å²) in [5, 5.41) is 11.6. The first kappa shape index (κ1) is 12.7. The number of amides is 1. The van der Waals surface area contributed by atoms with Crippen LogP contribution in [0.3, 0.4) is 0 Å². The summed E-state index contributed by atoms with van der Waals surface area (Å²) in [4.78, 5) is 22.3. The average Bonchev–Trinajstić information content (AvgIpc) is 2.66. The molecule has 0 aromatic rings. The van der Waals surface area contributed by atoms with Crippen molar-refractivity contribution >= 4 is 11.9 Å². The summed E-state index contributed by atoms with van der Waals surface area (Å²) >= 11 is 0. The number of carbonyl (C=O) groups excluding carboxylic acids is 1. The summed E-state index contributed by atoms with van der Waals surface area (Å²) in [6.07, 6.45) is 4.45. The molecule has 90 valence electrons. The van der Waals surface area contributed by atoms with Crippen molar-refractivity contribution in [3.8, 4) is 0 Å². The number of aliphatic carboxylic acids is 1. The van der Waals surface area contributed by atoms with Gasteiger partial charge in [0.15, 0.2) is 0 Å². The van der Waals surface area contributed by atoms with Gasteiger partial charge in [-0.15, -0.1) is 0 Å². The molecule has 3 atom stereocenters. The number of rotatable bonds is 5. The SMILES string of the molecule is CC(CCN)C(=O)NC1C=CC(C(=O)O)C1. The highest BCUT2D eigenvalue weighted by Gasteiger charge is 2.26. The van der Waals surface area contributed by atoms with Crippen LogP contribution in [0.4, 0.5) is 0 Å². The molecule has 0 aromatic heterocycles. The van der Waals surface area contributed by atoms with Crippen LogP contribution in [0.15, 0.2) is 12.2 Å². The van der Waals surface area contributed by atoms with Gasteiger partial charge in [-0.05, 0) is 19.4 Å². The third-order valence-corrected chi connectivity index (χ3v) is 2.78. The average molecular weight is 226 g/mol. The molecule has 1 rings (SSSR count). The molecule has 0 fully saturated rings. The van der Waals surface area contributed by atoms with Gasteiger partial charge in [0.1, 0.15) is 0 Å². The summed E-state index contributed by atoms with van der Waals surface area (Å²) < 4.78 is 0. The second kappa shape index (κ2) is 5.65. The summed E-state index contributed by atoms with van der Waals surface area (Å²) in [6, 6.07) is -0.158. The van der Waals surface area contributed by atoms with Crippen LogP contribution in [-0.4, -0.2) is 29.6 Å². The Hall–Kier alpha value is -1.36. The van der Waals surface area contributed by atoms with E-state index in [1.54, 1.807) is 12.2 Å². The fraction of sp³-hybridized carbons (Fsp3) is 0.636. The molecule has 3 unspecified atom stereocenters. The lowest BCUT2D eigenvalue weighted by molar-refractivity contribution is -0.140. The van der Waals surface area contributed by atoms with Crippen LogP contribution in [0.25, 0.3) is 0 Å². The molecule has 0 heterocycles. The van der Waals surface area contributed by atoms with Gasteiger partial charge in [0, 0.05) is 12.0 Å². The monoisotopic (exact) mass is 226 g/mol. The summed E-state index contributed by atoms with van der Waals surface area (Å²) in [5.41, 5.74) is 5.37. The molecule has 1 aliphatic carbocycles. The number of hydrogen-bond acceptors (Lipinski definition) is 3. The third-order valence-electron chi connectivity index (χ3n) is 2.78. The lowest BCUT2D eigenvalue weighted by atomic mass is 10.1. The minimum Gasteiger partial charge on any atom is -0.481 e. The molecule has 1 amide bonds. The molecule has 0 aromatic carbocycles. The van der Waals surface area contributed by atoms with E-state index < -0.39 is 11.9 Å². The number of carboxylic acids is 1. The number of nitrogens with two attached hydrogens (primary N) is 1. The van der Waals surface area contributed by atoms with Gasteiger partial charge < -0.3 is 16.2 Å². The molecule has 0 spiro atoms. The van der Waals surface area contributed by atoms with Crippen molar-refractivity contribution in [3.63, 3.8) is 0 Å². The molecular formula is C11H18N2O3. The molecule has 0 saturated heterocycles. The van der Waals surface area contributed by atoms with E-state index in [9.17, 15) is 9.59 Å². The van der Waals surface area contributed by atoms with Crippen LogP contribution >= 0.6 is 0 Å². The molecule has 5 nitrogen and oxygen atoms in total.